The molecule has 2 aromatic rings. The van der Waals surface area contributed by atoms with Gasteiger partial charge in [0.25, 0.3) is 0 Å². The highest BCUT2D eigenvalue weighted by Crippen LogP contribution is 2.37. The van der Waals surface area contributed by atoms with E-state index in [1.54, 1.807) is 12.1 Å². The van der Waals surface area contributed by atoms with Gasteiger partial charge in [0.2, 0.25) is 0 Å². The maximum Gasteiger partial charge on any atom is 0.0904 e. The fourth-order valence-corrected chi connectivity index (χ4v) is 2.26. The third kappa shape index (κ3) is 2.57. The Balaban J connectivity index is 2.57. The van der Waals surface area contributed by atoms with Crippen molar-refractivity contribution in [3.8, 4) is 11.1 Å². The second-order valence-corrected chi connectivity index (χ2v) is 4.18. The van der Waals surface area contributed by atoms with Crippen LogP contribution in [-0.4, -0.2) is 0 Å². The monoisotopic (exact) mass is 265 g/mol. The predicted octanol–water partition coefficient (Wildman–Crippen LogP) is 4.62. The zero-order chi connectivity index (χ0) is 12.3. The van der Waals surface area contributed by atoms with E-state index in [1.807, 2.05) is 30.3 Å². The molecule has 86 valence electrons. The summed E-state index contributed by atoms with van der Waals surface area (Å²) in [5, 5.41) is 7.93. The van der Waals surface area contributed by atoms with Crippen molar-refractivity contribution in [1.82, 2.24) is 0 Å². The number of hydrogen-bond acceptors (Lipinski definition) is 2. The first kappa shape index (κ1) is 11.9. The van der Waals surface area contributed by atoms with Crippen LogP contribution in [0, 0.1) is 0 Å². The molecule has 0 aromatic heterocycles. The van der Waals surface area contributed by atoms with Crippen LogP contribution in [0.25, 0.3) is 11.1 Å². The topological polar surface area (TPSA) is 50.7 Å². The van der Waals surface area contributed by atoms with Gasteiger partial charge in [-0.2, -0.15) is 0 Å². The fourth-order valence-electron chi connectivity index (χ4n) is 1.56. The molecule has 0 saturated carbocycles. The standard InChI is InChI=1S/C12H9Cl2N3/c13-10-6-9(16-17-15)7-11(14)12(10)8-4-2-1-3-5-8/h1-7H,(H2,15,16). The lowest BCUT2D eigenvalue weighted by atomic mass is 10.1. The summed E-state index contributed by atoms with van der Waals surface area (Å²) in [6, 6.07) is 13.0. The SMILES string of the molecule is NN=Nc1cc(Cl)c(-c2ccccc2)c(Cl)c1. The van der Waals surface area contributed by atoms with Gasteiger partial charge in [-0.15, -0.1) is 5.11 Å². The fraction of sp³-hybridized carbons (Fsp3) is 0. The van der Waals surface area contributed by atoms with Gasteiger partial charge in [0.1, 0.15) is 0 Å². The molecule has 0 heterocycles. The normalized spacial score (nSPS) is 10.9. The van der Waals surface area contributed by atoms with Gasteiger partial charge in [-0.25, -0.2) is 0 Å². The summed E-state index contributed by atoms with van der Waals surface area (Å²) in [6.07, 6.45) is 0. The summed E-state index contributed by atoms with van der Waals surface area (Å²) in [5.41, 5.74) is 2.27. The summed E-state index contributed by atoms with van der Waals surface area (Å²) in [6.45, 7) is 0. The van der Waals surface area contributed by atoms with E-state index in [1.165, 1.54) is 0 Å². The lowest BCUT2D eigenvalue weighted by Gasteiger charge is -2.07. The summed E-state index contributed by atoms with van der Waals surface area (Å²) < 4.78 is 0. The van der Waals surface area contributed by atoms with Crippen molar-refractivity contribution < 1.29 is 0 Å². The highest BCUT2D eigenvalue weighted by Gasteiger charge is 2.10. The van der Waals surface area contributed by atoms with Crippen LogP contribution in [0.1, 0.15) is 0 Å². The van der Waals surface area contributed by atoms with Gasteiger partial charge in [-0.1, -0.05) is 58.8 Å². The lowest BCUT2D eigenvalue weighted by Crippen LogP contribution is -1.82. The number of nitrogens with two attached hydrogens (primary N) is 1. The molecule has 0 aliphatic heterocycles. The minimum absolute atomic E-state index is 0.520. The van der Waals surface area contributed by atoms with Gasteiger partial charge < -0.3 is 5.84 Å². The second-order valence-electron chi connectivity index (χ2n) is 3.37. The van der Waals surface area contributed by atoms with Crippen molar-refractivity contribution in [3.63, 3.8) is 0 Å². The molecular formula is C12H9Cl2N3. The molecule has 0 aliphatic rings. The van der Waals surface area contributed by atoms with Crippen LogP contribution in [0.15, 0.2) is 52.8 Å². The van der Waals surface area contributed by atoms with Crippen molar-refractivity contribution in [1.29, 1.82) is 0 Å². The molecule has 0 atom stereocenters. The van der Waals surface area contributed by atoms with E-state index in [9.17, 15) is 0 Å². The van der Waals surface area contributed by atoms with Gasteiger partial charge in [0.05, 0.1) is 15.7 Å². The highest BCUT2D eigenvalue weighted by atomic mass is 35.5. The molecule has 0 aliphatic carbocycles. The zero-order valence-electron chi connectivity index (χ0n) is 8.77. The number of nitrogens with zero attached hydrogens (tertiary/aromatic N) is 2. The Morgan fingerprint density at radius 3 is 2.06 bits per heavy atom. The minimum Gasteiger partial charge on any atom is -0.305 e. The molecule has 0 saturated heterocycles. The maximum absolute atomic E-state index is 6.18. The molecule has 2 N–H and O–H groups in total. The van der Waals surface area contributed by atoms with E-state index in [4.69, 9.17) is 29.0 Å². The smallest absolute Gasteiger partial charge is 0.0904 e. The van der Waals surface area contributed by atoms with Crippen molar-refractivity contribution in [3.05, 3.63) is 52.5 Å². The molecule has 17 heavy (non-hydrogen) atoms. The van der Waals surface area contributed by atoms with Gasteiger partial charge in [0, 0.05) is 5.56 Å². The molecule has 5 heteroatoms. The molecule has 0 spiro atoms. The Labute approximate surface area is 109 Å². The third-order valence-corrected chi connectivity index (χ3v) is 2.86. The second kappa shape index (κ2) is 5.17. The van der Waals surface area contributed by atoms with Gasteiger partial charge in [-0.05, 0) is 17.7 Å². The third-order valence-electron chi connectivity index (χ3n) is 2.26. The van der Waals surface area contributed by atoms with Crippen LogP contribution in [0.3, 0.4) is 0 Å². The number of halogens is 2. The van der Waals surface area contributed by atoms with E-state index in [0.29, 0.717) is 15.7 Å². The van der Waals surface area contributed by atoms with E-state index in [0.717, 1.165) is 11.1 Å². The van der Waals surface area contributed by atoms with E-state index in [2.05, 4.69) is 10.3 Å². The first-order valence-corrected chi connectivity index (χ1v) is 5.63. The average molecular weight is 266 g/mol. The van der Waals surface area contributed by atoms with Gasteiger partial charge in [-0.3, -0.25) is 0 Å². The average Bonchev–Trinajstić information content (AvgIpc) is 2.30. The van der Waals surface area contributed by atoms with Crippen molar-refractivity contribution in [2.24, 2.45) is 16.2 Å². The first-order chi connectivity index (χ1) is 8.22. The van der Waals surface area contributed by atoms with Crippen LogP contribution in [-0.2, 0) is 0 Å². The predicted molar refractivity (Wildman–Crippen MR) is 70.6 cm³/mol. The minimum atomic E-state index is 0.520. The van der Waals surface area contributed by atoms with E-state index in [-0.39, 0.29) is 0 Å². The Morgan fingerprint density at radius 2 is 1.53 bits per heavy atom. The van der Waals surface area contributed by atoms with Crippen LogP contribution in [0.2, 0.25) is 10.0 Å². The largest absolute Gasteiger partial charge is 0.305 e. The molecule has 0 amide bonds. The van der Waals surface area contributed by atoms with Crippen LogP contribution in [0.4, 0.5) is 5.69 Å². The van der Waals surface area contributed by atoms with Crippen LogP contribution >= 0.6 is 23.2 Å². The van der Waals surface area contributed by atoms with Crippen LogP contribution in [0.5, 0.6) is 0 Å². The molecule has 2 aromatic carbocycles. The Bertz CT molecular complexity index is 530. The summed E-state index contributed by atoms with van der Waals surface area (Å²) >= 11 is 12.4. The molecule has 0 radical (unpaired) electrons. The quantitative estimate of drug-likeness (QED) is 0.481. The Hall–Kier alpha value is -1.58. The molecule has 3 nitrogen and oxygen atoms in total. The molecule has 0 fully saturated rings. The van der Waals surface area contributed by atoms with Crippen molar-refractivity contribution >= 4 is 28.9 Å². The highest BCUT2D eigenvalue weighted by molar-refractivity contribution is 6.39. The zero-order valence-corrected chi connectivity index (χ0v) is 10.3. The Morgan fingerprint density at radius 1 is 0.941 bits per heavy atom. The lowest BCUT2D eigenvalue weighted by molar-refractivity contribution is 1.06. The van der Waals surface area contributed by atoms with Gasteiger partial charge in [0.15, 0.2) is 0 Å². The maximum atomic E-state index is 6.18. The first-order valence-electron chi connectivity index (χ1n) is 4.88. The molecule has 0 bridgehead atoms. The van der Waals surface area contributed by atoms with Gasteiger partial charge >= 0.3 is 0 Å². The van der Waals surface area contributed by atoms with Crippen LogP contribution < -0.4 is 5.84 Å². The molecule has 2 rings (SSSR count). The summed E-state index contributed by atoms with van der Waals surface area (Å²) in [4.78, 5) is 0. The molecule has 0 unspecified atom stereocenters. The van der Waals surface area contributed by atoms with E-state index < -0.39 is 0 Å². The Kier molecular flexibility index (Phi) is 3.61. The number of benzene rings is 2. The van der Waals surface area contributed by atoms with E-state index >= 15 is 0 Å². The van der Waals surface area contributed by atoms with Crippen molar-refractivity contribution in [2.45, 2.75) is 0 Å². The molecular weight excluding hydrogens is 257 g/mol. The summed E-state index contributed by atoms with van der Waals surface area (Å²) in [5.74, 6) is 4.98. The summed E-state index contributed by atoms with van der Waals surface area (Å²) in [7, 11) is 0. The van der Waals surface area contributed by atoms with Crippen molar-refractivity contribution in [2.75, 3.05) is 0 Å². The number of rotatable bonds is 2. The number of hydrogen-bond donors (Lipinski definition) is 1.